The number of thioether (sulfide) groups is 1. The van der Waals surface area contributed by atoms with E-state index in [0.717, 1.165) is 18.6 Å². The maximum Gasteiger partial charge on any atom is 0.223 e. The van der Waals surface area contributed by atoms with Crippen LogP contribution in [0, 0.1) is 0 Å². The van der Waals surface area contributed by atoms with Crippen molar-refractivity contribution in [2.75, 3.05) is 30.2 Å². The molecule has 0 aromatic rings. The van der Waals surface area contributed by atoms with Crippen molar-refractivity contribution < 1.29 is 13.2 Å². The molecule has 0 aromatic carbocycles. The van der Waals surface area contributed by atoms with Gasteiger partial charge in [-0.3, -0.25) is 4.79 Å². The lowest BCUT2D eigenvalue weighted by Crippen LogP contribution is -2.49. The second kappa shape index (κ2) is 6.85. The van der Waals surface area contributed by atoms with E-state index in [1.165, 1.54) is 11.2 Å². The van der Waals surface area contributed by atoms with Gasteiger partial charge in [-0.25, -0.2) is 8.42 Å². The fourth-order valence-corrected chi connectivity index (χ4v) is 4.76. The Hall–Kier alpha value is 0.0600. The first kappa shape index (κ1) is 15.1. The fraction of sp³-hybridized carbons (Fsp3) is 0.900. The van der Waals surface area contributed by atoms with E-state index in [1.807, 2.05) is 0 Å². The number of nitrogens with zero attached hydrogens (tertiary/aromatic N) is 1. The van der Waals surface area contributed by atoms with E-state index in [4.69, 9.17) is 11.6 Å². The summed E-state index contributed by atoms with van der Waals surface area (Å²) in [5, 5.41) is -0.648. The van der Waals surface area contributed by atoms with Gasteiger partial charge in [-0.15, -0.1) is 11.6 Å². The van der Waals surface area contributed by atoms with Crippen molar-refractivity contribution >= 4 is 39.1 Å². The molecule has 1 fully saturated rings. The number of halogens is 1. The van der Waals surface area contributed by atoms with Crippen molar-refractivity contribution in [3.63, 3.8) is 0 Å². The summed E-state index contributed by atoms with van der Waals surface area (Å²) in [6, 6.07) is 0. The topological polar surface area (TPSA) is 54.5 Å². The molecule has 0 saturated carbocycles. The molecule has 1 aliphatic rings. The Bertz CT molecular complexity index is 359. The SMILES string of the molecule is CS(=O)(=O)C1CSCCN1C(=O)CCCCCl. The van der Waals surface area contributed by atoms with Gasteiger partial charge in [0.2, 0.25) is 5.91 Å². The smallest absolute Gasteiger partial charge is 0.223 e. The molecule has 7 heteroatoms. The molecule has 100 valence electrons. The summed E-state index contributed by atoms with van der Waals surface area (Å²) < 4.78 is 23.2. The molecule has 1 atom stereocenters. The summed E-state index contributed by atoms with van der Waals surface area (Å²) in [6.45, 7) is 0.530. The minimum atomic E-state index is -3.19. The Kier molecular flexibility index (Phi) is 6.09. The van der Waals surface area contributed by atoms with Crippen LogP contribution < -0.4 is 0 Å². The van der Waals surface area contributed by atoms with Crippen LogP contribution in [0.25, 0.3) is 0 Å². The van der Waals surface area contributed by atoms with Gasteiger partial charge in [0.05, 0.1) is 0 Å². The van der Waals surface area contributed by atoms with Gasteiger partial charge in [0, 0.05) is 36.6 Å². The number of carbonyl (C=O) groups is 1. The molecule has 0 spiro atoms. The van der Waals surface area contributed by atoms with Crippen LogP contribution in [0.5, 0.6) is 0 Å². The Balaban J connectivity index is 2.62. The second-order valence-corrected chi connectivity index (χ2v) is 7.82. The predicted molar refractivity (Wildman–Crippen MR) is 72.2 cm³/mol. The van der Waals surface area contributed by atoms with Crippen LogP contribution in [0.2, 0.25) is 0 Å². The largest absolute Gasteiger partial charge is 0.324 e. The molecule has 1 unspecified atom stereocenters. The van der Waals surface area contributed by atoms with Crippen LogP contribution in [0.1, 0.15) is 19.3 Å². The van der Waals surface area contributed by atoms with Gasteiger partial charge >= 0.3 is 0 Å². The van der Waals surface area contributed by atoms with E-state index in [0.29, 0.717) is 24.6 Å². The zero-order valence-corrected chi connectivity index (χ0v) is 12.3. The number of carbonyl (C=O) groups excluding carboxylic acids is 1. The van der Waals surface area contributed by atoms with Gasteiger partial charge in [-0.05, 0) is 12.8 Å². The Morgan fingerprint density at radius 2 is 2.18 bits per heavy atom. The molecule has 17 heavy (non-hydrogen) atoms. The lowest BCUT2D eigenvalue weighted by atomic mass is 10.2. The summed E-state index contributed by atoms with van der Waals surface area (Å²) in [4.78, 5) is 13.5. The minimum Gasteiger partial charge on any atom is -0.324 e. The first-order valence-electron chi connectivity index (χ1n) is 5.59. The number of hydrogen-bond acceptors (Lipinski definition) is 4. The van der Waals surface area contributed by atoms with Crippen molar-refractivity contribution in [2.45, 2.75) is 24.6 Å². The molecule has 1 amide bonds. The van der Waals surface area contributed by atoms with Crippen LogP contribution in [0.3, 0.4) is 0 Å². The quantitative estimate of drug-likeness (QED) is 0.568. The van der Waals surface area contributed by atoms with Crippen molar-refractivity contribution in [3.8, 4) is 0 Å². The minimum absolute atomic E-state index is 0.0640. The van der Waals surface area contributed by atoms with Gasteiger partial charge in [-0.2, -0.15) is 11.8 Å². The fourth-order valence-electron chi connectivity index (χ4n) is 1.74. The Labute approximate surface area is 112 Å². The highest BCUT2D eigenvalue weighted by Crippen LogP contribution is 2.21. The molecule has 0 aliphatic carbocycles. The van der Waals surface area contributed by atoms with E-state index in [-0.39, 0.29) is 5.91 Å². The summed E-state index contributed by atoms with van der Waals surface area (Å²) in [7, 11) is -3.19. The van der Waals surface area contributed by atoms with Crippen LogP contribution in [0.4, 0.5) is 0 Å². The Morgan fingerprint density at radius 3 is 2.76 bits per heavy atom. The molecule has 4 nitrogen and oxygen atoms in total. The number of sulfone groups is 1. The normalized spacial score (nSPS) is 21.5. The number of alkyl halides is 1. The third kappa shape index (κ3) is 4.67. The highest BCUT2D eigenvalue weighted by Gasteiger charge is 2.33. The maximum absolute atomic E-state index is 11.9. The number of unbranched alkanes of at least 4 members (excludes halogenated alkanes) is 1. The predicted octanol–water partition coefficient (Wildman–Crippen LogP) is 1.34. The van der Waals surface area contributed by atoms with Gasteiger partial charge in [-0.1, -0.05) is 0 Å². The second-order valence-electron chi connectivity index (χ2n) is 4.09. The van der Waals surface area contributed by atoms with E-state index < -0.39 is 15.2 Å². The Morgan fingerprint density at radius 1 is 1.47 bits per heavy atom. The zero-order chi connectivity index (χ0) is 12.9. The first-order chi connectivity index (χ1) is 7.96. The molecular weight excluding hydrogens is 282 g/mol. The lowest BCUT2D eigenvalue weighted by molar-refractivity contribution is -0.131. The van der Waals surface area contributed by atoms with E-state index >= 15 is 0 Å². The standard InChI is InChI=1S/C10H18ClNO3S2/c1-17(14,15)10-8-16-7-6-12(10)9(13)4-2-3-5-11/h10H,2-8H2,1H3. The highest BCUT2D eigenvalue weighted by atomic mass is 35.5. The van der Waals surface area contributed by atoms with Gasteiger partial charge in [0.1, 0.15) is 5.37 Å². The average molecular weight is 300 g/mol. The number of hydrogen-bond donors (Lipinski definition) is 0. The molecule has 1 aliphatic heterocycles. The van der Waals surface area contributed by atoms with Crippen LogP contribution in [-0.2, 0) is 14.6 Å². The molecule has 1 rings (SSSR count). The number of amides is 1. The van der Waals surface area contributed by atoms with Gasteiger partial charge in [0.25, 0.3) is 0 Å². The molecule has 0 radical (unpaired) electrons. The average Bonchev–Trinajstić information content (AvgIpc) is 2.28. The monoisotopic (exact) mass is 299 g/mol. The summed E-state index contributed by atoms with van der Waals surface area (Å²) in [5.74, 6) is 1.78. The highest BCUT2D eigenvalue weighted by molar-refractivity contribution is 8.00. The van der Waals surface area contributed by atoms with Crippen molar-refractivity contribution in [1.82, 2.24) is 4.90 Å². The molecule has 0 aromatic heterocycles. The molecular formula is C10H18ClNO3S2. The number of rotatable bonds is 5. The first-order valence-corrected chi connectivity index (χ1v) is 9.23. The summed E-state index contributed by atoms with van der Waals surface area (Å²) in [6.07, 6.45) is 3.11. The van der Waals surface area contributed by atoms with E-state index in [2.05, 4.69) is 0 Å². The molecule has 0 N–H and O–H groups in total. The third-order valence-electron chi connectivity index (χ3n) is 2.67. The van der Waals surface area contributed by atoms with Crippen molar-refractivity contribution in [2.24, 2.45) is 0 Å². The maximum atomic E-state index is 11.9. The van der Waals surface area contributed by atoms with E-state index in [1.54, 1.807) is 11.8 Å². The van der Waals surface area contributed by atoms with Crippen LogP contribution >= 0.6 is 23.4 Å². The third-order valence-corrected chi connectivity index (χ3v) is 5.58. The zero-order valence-electron chi connectivity index (χ0n) is 9.89. The summed E-state index contributed by atoms with van der Waals surface area (Å²) in [5.41, 5.74) is 0. The van der Waals surface area contributed by atoms with Crippen LogP contribution in [-0.4, -0.2) is 54.8 Å². The lowest BCUT2D eigenvalue weighted by Gasteiger charge is -2.34. The van der Waals surface area contributed by atoms with E-state index in [9.17, 15) is 13.2 Å². The van der Waals surface area contributed by atoms with Crippen LogP contribution in [0.15, 0.2) is 0 Å². The van der Waals surface area contributed by atoms with Gasteiger partial charge in [0.15, 0.2) is 9.84 Å². The molecule has 0 bridgehead atoms. The molecule has 1 saturated heterocycles. The van der Waals surface area contributed by atoms with Gasteiger partial charge < -0.3 is 4.90 Å². The molecule has 1 heterocycles. The van der Waals surface area contributed by atoms with Crippen molar-refractivity contribution in [3.05, 3.63) is 0 Å². The summed E-state index contributed by atoms with van der Waals surface area (Å²) >= 11 is 7.13. The van der Waals surface area contributed by atoms with Crippen molar-refractivity contribution in [1.29, 1.82) is 0 Å².